The second kappa shape index (κ2) is 5.84. The Morgan fingerprint density at radius 2 is 2.38 bits per heavy atom. The van der Waals surface area contributed by atoms with E-state index in [4.69, 9.17) is 19.9 Å². The van der Waals surface area contributed by atoms with Crippen LogP contribution in [-0.4, -0.2) is 26.1 Å². The van der Waals surface area contributed by atoms with Crippen molar-refractivity contribution < 1.29 is 14.2 Å². The van der Waals surface area contributed by atoms with Gasteiger partial charge in [-0.25, -0.2) is 0 Å². The molecule has 0 amide bonds. The highest BCUT2D eigenvalue weighted by atomic mass is 16.7. The topological polar surface area (TPSA) is 53.7 Å². The molecule has 1 unspecified atom stereocenters. The summed E-state index contributed by atoms with van der Waals surface area (Å²) in [4.78, 5) is 0. The summed E-state index contributed by atoms with van der Waals surface area (Å²) in [7, 11) is 0. The average molecular weight is 223 g/mol. The Kier molecular flexibility index (Phi) is 4.16. The summed E-state index contributed by atoms with van der Waals surface area (Å²) in [6, 6.07) is 7.82. The van der Waals surface area contributed by atoms with Crippen LogP contribution in [-0.2, 0) is 16.0 Å². The summed E-state index contributed by atoms with van der Waals surface area (Å²) in [5, 5.41) is 0. The lowest BCUT2D eigenvalue weighted by molar-refractivity contribution is -0.147. The van der Waals surface area contributed by atoms with Gasteiger partial charge in [-0.1, -0.05) is 12.1 Å². The highest BCUT2D eigenvalue weighted by molar-refractivity contribution is 5.28. The summed E-state index contributed by atoms with van der Waals surface area (Å²) in [5.74, 6) is 0.845. The van der Waals surface area contributed by atoms with E-state index >= 15 is 0 Å². The van der Waals surface area contributed by atoms with Gasteiger partial charge in [-0.3, -0.25) is 0 Å². The third-order valence-corrected chi connectivity index (χ3v) is 2.54. The molecule has 1 aliphatic heterocycles. The molecule has 0 saturated carbocycles. The van der Waals surface area contributed by atoms with Crippen LogP contribution in [0.25, 0.3) is 0 Å². The van der Waals surface area contributed by atoms with Crippen LogP contribution in [0.15, 0.2) is 24.3 Å². The van der Waals surface area contributed by atoms with Crippen molar-refractivity contribution in [2.45, 2.75) is 19.1 Å². The molecule has 1 fully saturated rings. The molecule has 1 atom stereocenters. The first-order chi connectivity index (χ1) is 7.88. The maximum absolute atomic E-state index is 5.65. The van der Waals surface area contributed by atoms with Gasteiger partial charge in [-0.2, -0.15) is 0 Å². The van der Waals surface area contributed by atoms with Gasteiger partial charge in [0.15, 0.2) is 0 Å². The first-order valence-electron chi connectivity index (χ1n) is 5.49. The van der Waals surface area contributed by atoms with Gasteiger partial charge >= 0.3 is 0 Å². The third-order valence-electron chi connectivity index (χ3n) is 2.54. The van der Waals surface area contributed by atoms with E-state index in [9.17, 15) is 0 Å². The fourth-order valence-electron chi connectivity index (χ4n) is 1.58. The van der Waals surface area contributed by atoms with Crippen LogP contribution in [0.3, 0.4) is 0 Å². The fourth-order valence-corrected chi connectivity index (χ4v) is 1.58. The largest absolute Gasteiger partial charge is 0.491 e. The zero-order valence-electron chi connectivity index (χ0n) is 9.22. The van der Waals surface area contributed by atoms with Crippen LogP contribution in [0.5, 0.6) is 5.75 Å². The predicted octanol–water partition coefficient (Wildman–Crippen LogP) is 1.29. The van der Waals surface area contributed by atoms with Crippen LogP contribution in [0.1, 0.15) is 12.0 Å². The Morgan fingerprint density at radius 3 is 3.12 bits per heavy atom. The summed E-state index contributed by atoms with van der Waals surface area (Å²) >= 11 is 0. The molecule has 0 bridgehead atoms. The predicted molar refractivity (Wildman–Crippen MR) is 60.1 cm³/mol. The molecule has 0 aliphatic carbocycles. The highest BCUT2D eigenvalue weighted by Crippen LogP contribution is 2.15. The van der Waals surface area contributed by atoms with Crippen molar-refractivity contribution in [3.05, 3.63) is 29.8 Å². The van der Waals surface area contributed by atoms with Gasteiger partial charge in [0.2, 0.25) is 0 Å². The maximum Gasteiger partial charge on any atom is 0.147 e. The number of hydrogen-bond donors (Lipinski definition) is 1. The normalized spacial score (nSPS) is 20.7. The van der Waals surface area contributed by atoms with Gasteiger partial charge in [-0.15, -0.1) is 0 Å². The molecular weight excluding hydrogens is 206 g/mol. The lowest BCUT2D eigenvalue weighted by atomic mass is 10.2. The van der Waals surface area contributed by atoms with E-state index < -0.39 is 0 Å². The van der Waals surface area contributed by atoms with Crippen molar-refractivity contribution in [3.8, 4) is 5.75 Å². The van der Waals surface area contributed by atoms with E-state index in [0.29, 0.717) is 19.9 Å². The van der Waals surface area contributed by atoms with E-state index in [0.717, 1.165) is 24.3 Å². The first-order valence-corrected chi connectivity index (χ1v) is 5.49. The Labute approximate surface area is 95.3 Å². The number of rotatable bonds is 4. The highest BCUT2D eigenvalue weighted by Gasteiger charge is 2.14. The van der Waals surface area contributed by atoms with E-state index in [1.54, 1.807) is 0 Å². The van der Waals surface area contributed by atoms with Crippen molar-refractivity contribution in [2.75, 3.05) is 20.0 Å². The lowest BCUT2D eigenvalue weighted by Crippen LogP contribution is -2.29. The molecule has 1 aromatic rings. The molecule has 0 spiro atoms. The van der Waals surface area contributed by atoms with E-state index in [1.807, 2.05) is 24.3 Å². The van der Waals surface area contributed by atoms with Crippen LogP contribution in [0, 0.1) is 0 Å². The van der Waals surface area contributed by atoms with Crippen molar-refractivity contribution in [3.63, 3.8) is 0 Å². The van der Waals surface area contributed by atoms with Gasteiger partial charge in [0, 0.05) is 13.0 Å². The Morgan fingerprint density at radius 1 is 1.44 bits per heavy atom. The molecule has 0 radical (unpaired) electrons. The number of benzene rings is 1. The van der Waals surface area contributed by atoms with Crippen molar-refractivity contribution in [2.24, 2.45) is 5.73 Å². The van der Waals surface area contributed by atoms with Gasteiger partial charge in [0.1, 0.15) is 19.1 Å². The summed E-state index contributed by atoms with van der Waals surface area (Å²) in [5.41, 5.74) is 6.64. The second-order valence-corrected chi connectivity index (χ2v) is 3.77. The lowest BCUT2D eigenvalue weighted by Gasteiger charge is -2.22. The zero-order chi connectivity index (χ0) is 11.2. The molecule has 4 heteroatoms. The molecule has 1 aromatic carbocycles. The van der Waals surface area contributed by atoms with Crippen LogP contribution < -0.4 is 10.5 Å². The minimum Gasteiger partial charge on any atom is -0.491 e. The Bertz CT molecular complexity index is 324. The SMILES string of the molecule is NCc1cccc(OCC2CCOCO2)c1. The molecule has 88 valence electrons. The zero-order valence-corrected chi connectivity index (χ0v) is 9.22. The minimum atomic E-state index is 0.135. The second-order valence-electron chi connectivity index (χ2n) is 3.77. The van der Waals surface area contributed by atoms with Crippen LogP contribution in [0.4, 0.5) is 0 Å². The molecule has 1 heterocycles. The molecular formula is C12H17NO3. The number of nitrogens with two attached hydrogens (primary N) is 1. The average Bonchev–Trinajstić information content (AvgIpc) is 2.38. The van der Waals surface area contributed by atoms with E-state index in [1.165, 1.54) is 0 Å². The summed E-state index contributed by atoms with van der Waals surface area (Å²) in [6.45, 7) is 2.22. The molecule has 1 aliphatic rings. The van der Waals surface area contributed by atoms with Crippen LogP contribution in [0.2, 0.25) is 0 Å². The molecule has 16 heavy (non-hydrogen) atoms. The first kappa shape index (κ1) is 11.4. The molecule has 2 rings (SSSR count). The van der Waals surface area contributed by atoms with Crippen LogP contribution >= 0.6 is 0 Å². The maximum atomic E-state index is 5.65. The van der Waals surface area contributed by atoms with Crippen molar-refractivity contribution in [1.82, 2.24) is 0 Å². The quantitative estimate of drug-likeness (QED) is 0.835. The summed E-state index contributed by atoms with van der Waals surface area (Å²) < 4.78 is 16.1. The fraction of sp³-hybridized carbons (Fsp3) is 0.500. The molecule has 2 N–H and O–H groups in total. The monoisotopic (exact) mass is 223 g/mol. The van der Waals surface area contributed by atoms with Gasteiger partial charge in [0.05, 0.1) is 12.7 Å². The number of hydrogen-bond acceptors (Lipinski definition) is 4. The minimum absolute atomic E-state index is 0.135. The van der Waals surface area contributed by atoms with Crippen molar-refractivity contribution in [1.29, 1.82) is 0 Å². The van der Waals surface area contributed by atoms with Gasteiger partial charge in [0.25, 0.3) is 0 Å². The smallest absolute Gasteiger partial charge is 0.147 e. The molecule has 1 saturated heterocycles. The Balaban J connectivity index is 1.83. The van der Waals surface area contributed by atoms with Gasteiger partial charge < -0.3 is 19.9 Å². The number of ether oxygens (including phenoxy) is 3. The van der Waals surface area contributed by atoms with E-state index in [-0.39, 0.29) is 6.10 Å². The molecule has 0 aromatic heterocycles. The third kappa shape index (κ3) is 3.20. The van der Waals surface area contributed by atoms with E-state index in [2.05, 4.69) is 0 Å². The summed E-state index contributed by atoms with van der Waals surface area (Å²) in [6.07, 6.45) is 1.02. The van der Waals surface area contributed by atoms with Crippen molar-refractivity contribution >= 4 is 0 Å². The Hall–Kier alpha value is -1.10. The standard InChI is InChI=1S/C12H17NO3/c13-7-10-2-1-3-11(6-10)15-8-12-4-5-14-9-16-12/h1-3,6,12H,4-5,7-9,13H2. The van der Waals surface area contributed by atoms with Gasteiger partial charge in [-0.05, 0) is 17.7 Å². The molecule has 4 nitrogen and oxygen atoms in total.